The highest BCUT2D eigenvalue weighted by molar-refractivity contribution is 5.36. The number of alkyl halides is 6. The highest BCUT2D eigenvalue weighted by Gasteiger charge is 2.42. The molecule has 0 radical (unpaired) electrons. The Morgan fingerprint density at radius 3 is 2.19 bits per heavy atom. The van der Waals surface area contributed by atoms with Crippen molar-refractivity contribution in [2.45, 2.75) is 31.4 Å². The van der Waals surface area contributed by atoms with Gasteiger partial charge >= 0.3 is 12.5 Å². The lowest BCUT2D eigenvalue weighted by Crippen LogP contribution is -2.40. The summed E-state index contributed by atoms with van der Waals surface area (Å²) in [5.74, 6) is -1.85. The Kier molecular flexibility index (Phi) is 4.36. The molecule has 2 rings (SSSR count). The van der Waals surface area contributed by atoms with Crippen molar-refractivity contribution in [2.24, 2.45) is 5.92 Å². The summed E-state index contributed by atoms with van der Waals surface area (Å²) in [6, 6.07) is 4.90. The van der Waals surface area contributed by atoms with Crippen molar-refractivity contribution >= 4 is 0 Å². The largest absolute Gasteiger partial charge is 0.573 e. The van der Waals surface area contributed by atoms with Crippen LogP contribution in [0.3, 0.4) is 0 Å². The fraction of sp³-hybridized carbons (Fsp3) is 0.538. The average molecular weight is 313 g/mol. The van der Waals surface area contributed by atoms with E-state index in [-0.39, 0.29) is 30.7 Å². The minimum Gasteiger partial charge on any atom is -0.405 e. The number of benzene rings is 1. The molecule has 1 aliphatic heterocycles. The van der Waals surface area contributed by atoms with Crippen LogP contribution in [0, 0.1) is 5.92 Å². The molecule has 1 aliphatic rings. The van der Waals surface area contributed by atoms with Crippen molar-refractivity contribution < 1.29 is 31.1 Å². The van der Waals surface area contributed by atoms with Gasteiger partial charge in [0.2, 0.25) is 0 Å². The molecule has 0 amide bonds. The molecule has 1 fully saturated rings. The van der Waals surface area contributed by atoms with E-state index in [0.29, 0.717) is 0 Å². The monoisotopic (exact) mass is 313 g/mol. The van der Waals surface area contributed by atoms with Gasteiger partial charge < -0.3 is 10.1 Å². The second-order valence-electron chi connectivity index (χ2n) is 4.86. The number of halogens is 6. The van der Waals surface area contributed by atoms with Gasteiger partial charge in [-0.1, -0.05) is 18.2 Å². The molecule has 1 aromatic rings. The topological polar surface area (TPSA) is 21.3 Å². The number of hydrogen-bond donors (Lipinski definition) is 1. The predicted molar refractivity (Wildman–Crippen MR) is 62.6 cm³/mol. The molecule has 1 N–H and O–H groups in total. The lowest BCUT2D eigenvalue weighted by atomic mass is 9.90. The van der Waals surface area contributed by atoms with Crippen LogP contribution in [0.2, 0.25) is 0 Å². The first-order chi connectivity index (χ1) is 9.67. The summed E-state index contributed by atoms with van der Waals surface area (Å²) >= 11 is 0. The van der Waals surface area contributed by atoms with Gasteiger partial charge in [-0.05, 0) is 18.9 Å². The van der Waals surface area contributed by atoms with Crippen molar-refractivity contribution in [3.05, 3.63) is 29.8 Å². The van der Waals surface area contributed by atoms with Gasteiger partial charge in [0.15, 0.2) is 0 Å². The van der Waals surface area contributed by atoms with Crippen LogP contribution in [-0.2, 0) is 0 Å². The number of ether oxygens (including phenoxy) is 1. The van der Waals surface area contributed by atoms with E-state index in [1.54, 1.807) is 0 Å². The smallest absolute Gasteiger partial charge is 0.405 e. The van der Waals surface area contributed by atoms with Crippen LogP contribution >= 0.6 is 0 Å². The molecule has 8 heteroatoms. The Hall–Kier alpha value is -1.44. The van der Waals surface area contributed by atoms with E-state index in [0.717, 1.165) is 6.07 Å². The first-order valence-electron chi connectivity index (χ1n) is 6.31. The number of para-hydroxylation sites is 1. The summed E-state index contributed by atoms with van der Waals surface area (Å²) in [5, 5.41) is 2.65. The average Bonchev–Trinajstić information content (AvgIpc) is 2.37. The molecule has 2 nitrogen and oxygen atoms in total. The molecule has 118 valence electrons. The lowest BCUT2D eigenvalue weighted by Gasteiger charge is -2.32. The summed E-state index contributed by atoms with van der Waals surface area (Å²) in [6.45, 7) is -0.311. The SMILES string of the molecule is FC(F)(F)Oc1ccccc1C1CCC(C(F)(F)F)CN1. The molecular weight excluding hydrogens is 300 g/mol. The minimum absolute atomic E-state index is 0.0996. The predicted octanol–water partition coefficient (Wildman–Crippen LogP) is 4.19. The van der Waals surface area contributed by atoms with Crippen LogP contribution in [0.15, 0.2) is 24.3 Å². The van der Waals surface area contributed by atoms with E-state index in [9.17, 15) is 26.3 Å². The van der Waals surface area contributed by atoms with E-state index in [1.165, 1.54) is 18.2 Å². The number of rotatable bonds is 2. The van der Waals surface area contributed by atoms with E-state index in [1.807, 2.05) is 0 Å². The molecule has 21 heavy (non-hydrogen) atoms. The lowest BCUT2D eigenvalue weighted by molar-refractivity contribution is -0.275. The number of hydrogen-bond acceptors (Lipinski definition) is 2. The summed E-state index contributed by atoms with van der Waals surface area (Å²) in [4.78, 5) is 0. The zero-order valence-electron chi connectivity index (χ0n) is 10.8. The number of piperidine rings is 1. The third kappa shape index (κ3) is 4.26. The van der Waals surface area contributed by atoms with Crippen molar-refractivity contribution in [1.82, 2.24) is 5.32 Å². The van der Waals surface area contributed by atoms with Gasteiger partial charge in [-0.3, -0.25) is 0 Å². The molecule has 0 spiro atoms. The summed E-state index contributed by atoms with van der Waals surface area (Å²) in [6.07, 6.45) is -9.15. The number of nitrogens with one attached hydrogen (secondary N) is 1. The van der Waals surface area contributed by atoms with Crippen molar-refractivity contribution in [3.8, 4) is 5.75 Å². The first kappa shape index (κ1) is 15.9. The van der Waals surface area contributed by atoms with E-state index >= 15 is 0 Å². The zero-order chi connectivity index (χ0) is 15.7. The molecule has 1 saturated heterocycles. The third-order valence-corrected chi connectivity index (χ3v) is 3.40. The molecule has 1 aromatic carbocycles. The fourth-order valence-corrected chi connectivity index (χ4v) is 2.39. The van der Waals surface area contributed by atoms with Gasteiger partial charge in [0.1, 0.15) is 5.75 Å². The van der Waals surface area contributed by atoms with Gasteiger partial charge in [-0.15, -0.1) is 13.2 Å². The minimum atomic E-state index is -4.83. The highest BCUT2D eigenvalue weighted by Crippen LogP contribution is 2.38. The fourth-order valence-electron chi connectivity index (χ4n) is 2.39. The third-order valence-electron chi connectivity index (χ3n) is 3.40. The Balaban J connectivity index is 2.10. The van der Waals surface area contributed by atoms with Crippen molar-refractivity contribution in [1.29, 1.82) is 0 Å². The molecular formula is C13H13F6NO. The normalized spacial score (nSPS) is 23.9. The van der Waals surface area contributed by atoms with Crippen LogP contribution < -0.4 is 10.1 Å². The Morgan fingerprint density at radius 1 is 1.00 bits per heavy atom. The second-order valence-corrected chi connectivity index (χ2v) is 4.86. The molecule has 2 atom stereocenters. The molecule has 1 heterocycles. The Morgan fingerprint density at radius 2 is 1.67 bits per heavy atom. The molecule has 2 unspecified atom stereocenters. The van der Waals surface area contributed by atoms with E-state index < -0.39 is 24.5 Å². The van der Waals surface area contributed by atoms with Gasteiger partial charge in [-0.2, -0.15) is 13.2 Å². The summed E-state index contributed by atoms with van der Waals surface area (Å²) < 4.78 is 78.5. The molecule has 0 aliphatic carbocycles. The molecule has 0 bridgehead atoms. The Labute approximate surface area is 117 Å². The maximum atomic E-state index is 12.6. The first-order valence-corrected chi connectivity index (χ1v) is 6.31. The van der Waals surface area contributed by atoms with Gasteiger partial charge in [-0.25, -0.2) is 0 Å². The van der Waals surface area contributed by atoms with Crippen LogP contribution in [0.25, 0.3) is 0 Å². The van der Waals surface area contributed by atoms with E-state index in [2.05, 4.69) is 10.1 Å². The van der Waals surface area contributed by atoms with Crippen molar-refractivity contribution in [2.75, 3.05) is 6.54 Å². The second kappa shape index (κ2) is 5.75. The highest BCUT2D eigenvalue weighted by atomic mass is 19.4. The molecule has 0 saturated carbocycles. The van der Waals surface area contributed by atoms with Crippen LogP contribution in [0.4, 0.5) is 26.3 Å². The van der Waals surface area contributed by atoms with Crippen LogP contribution in [0.1, 0.15) is 24.4 Å². The van der Waals surface area contributed by atoms with Gasteiger partial charge in [0, 0.05) is 18.2 Å². The maximum absolute atomic E-state index is 12.6. The van der Waals surface area contributed by atoms with Gasteiger partial charge in [0.25, 0.3) is 0 Å². The van der Waals surface area contributed by atoms with Crippen LogP contribution in [0.5, 0.6) is 5.75 Å². The van der Waals surface area contributed by atoms with E-state index in [4.69, 9.17) is 0 Å². The Bertz CT molecular complexity index is 476. The quantitative estimate of drug-likeness (QED) is 0.827. The zero-order valence-corrected chi connectivity index (χ0v) is 10.8. The molecule has 0 aromatic heterocycles. The summed E-state index contributed by atoms with van der Waals surface area (Å²) in [5.41, 5.74) is 0.218. The maximum Gasteiger partial charge on any atom is 0.573 e. The van der Waals surface area contributed by atoms with Crippen molar-refractivity contribution in [3.63, 3.8) is 0 Å². The van der Waals surface area contributed by atoms with Gasteiger partial charge in [0.05, 0.1) is 5.92 Å². The standard InChI is InChI=1S/C13H13F6NO/c14-12(15,16)8-5-6-10(20-7-8)9-3-1-2-4-11(9)21-13(17,18)19/h1-4,8,10,20H,5-7H2. The summed E-state index contributed by atoms with van der Waals surface area (Å²) in [7, 11) is 0. The van der Waals surface area contributed by atoms with Crippen LogP contribution in [-0.4, -0.2) is 19.1 Å².